The summed E-state index contributed by atoms with van der Waals surface area (Å²) < 4.78 is 36.5. The van der Waals surface area contributed by atoms with Gasteiger partial charge in [-0.25, -0.2) is 4.79 Å². The molecule has 0 saturated heterocycles. The fourth-order valence-electron chi connectivity index (χ4n) is 0.837. The van der Waals surface area contributed by atoms with Crippen LogP contribution in [0.5, 0.6) is 5.75 Å². The van der Waals surface area contributed by atoms with Gasteiger partial charge in [0.05, 0.1) is 0 Å². The summed E-state index contributed by atoms with van der Waals surface area (Å²) in [5.41, 5.74) is 1.07. The topological polar surface area (TPSA) is 113 Å². The number of carbonyl (C=O) groups is 1. The Kier molecular flexibility index (Phi) is 6.18. The van der Waals surface area contributed by atoms with Crippen molar-refractivity contribution in [3.8, 4) is 5.75 Å². The van der Waals surface area contributed by atoms with E-state index in [1.807, 2.05) is 19.1 Å². The molecule has 0 spiro atoms. The third-order valence-corrected chi connectivity index (χ3v) is 1.40. The quantitative estimate of drug-likeness (QED) is 0.653. The van der Waals surface area contributed by atoms with Crippen LogP contribution in [0, 0.1) is 6.92 Å². The highest BCUT2D eigenvalue weighted by Gasteiger charge is 1.99. The van der Waals surface area contributed by atoms with Gasteiger partial charge in [-0.15, -0.1) is 0 Å². The van der Waals surface area contributed by atoms with Crippen LogP contribution in [0.25, 0.3) is 0 Å². The third kappa shape index (κ3) is 10.6. The Morgan fingerprint density at radius 2 is 1.88 bits per heavy atom. The van der Waals surface area contributed by atoms with E-state index in [0.717, 1.165) is 5.56 Å². The van der Waals surface area contributed by atoms with Gasteiger partial charge in [0.25, 0.3) is 0 Å². The molecule has 0 bridgehead atoms. The van der Waals surface area contributed by atoms with Crippen LogP contribution in [0.15, 0.2) is 24.3 Å². The molecule has 3 N–H and O–H groups in total. The number of hydrogen-bond acceptors (Lipinski definition) is 4. The van der Waals surface area contributed by atoms with E-state index in [0.29, 0.717) is 5.75 Å². The average molecular weight is 263 g/mol. The van der Waals surface area contributed by atoms with Gasteiger partial charge in [-0.3, -0.25) is 9.11 Å². The minimum absolute atomic E-state index is 0.444. The van der Waals surface area contributed by atoms with E-state index in [4.69, 9.17) is 22.3 Å². The summed E-state index contributed by atoms with van der Waals surface area (Å²) in [6.45, 7) is 1.94. The second kappa shape index (κ2) is 6.84. The number of hydrogen-bond donors (Lipinski definition) is 3. The van der Waals surface area contributed by atoms with Crippen molar-refractivity contribution in [2.75, 3.05) is 7.05 Å². The van der Waals surface area contributed by atoms with Crippen LogP contribution in [0.1, 0.15) is 5.56 Å². The van der Waals surface area contributed by atoms with Crippen LogP contribution < -0.4 is 10.1 Å². The zero-order valence-electron chi connectivity index (χ0n) is 9.25. The van der Waals surface area contributed by atoms with Gasteiger partial charge < -0.3 is 10.1 Å². The van der Waals surface area contributed by atoms with Crippen LogP contribution >= 0.6 is 0 Å². The van der Waals surface area contributed by atoms with Crippen LogP contribution in [-0.2, 0) is 10.4 Å². The molecule has 96 valence electrons. The van der Waals surface area contributed by atoms with Crippen LogP contribution in [0.2, 0.25) is 0 Å². The fourth-order valence-corrected chi connectivity index (χ4v) is 0.837. The summed E-state index contributed by atoms with van der Waals surface area (Å²) in [4.78, 5) is 10.8. The normalized spacial score (nSPS) is 9.88. The Morgan fingerprint density at radius 3 is 2.29 bits per heavy atom. The molecule has 1 rings (SSSR count). The average Bonchev–Trinajstić information content (AvgIpc) is 2.15. The molecule has 0 fully saturated rings. The zero-order valence-corrected chi connectivity index (χ0v) is 10.1. The lowest BCUT2D eigenvalue weighted by atomic mass is 10.2. The number of amides is 1. The molecule has 0 aliphatic heterocycles. The van der Waals surface area contributed by atoms with Crippen molar-refractivity contribution >= 4 is 16.5 Å². The molecule has 1 amide bonds. The van der Waals surface area contributed by atoms with Gasteiger partial charge in [0.1, 0.15) is 5.75 Å². The Morgan fingerprint density at radius 1 is 1.35 bits per heavy atom. The van der Waals surface area contributed by atoms with E-state index in [2.05, 4.69) is 5.32 Å². The monoisotopic (exact) mass is 263 g/mol. The van der Waals surface area contributed by atoms with Crippen molar-refractivity contribution in [2.24, 2.45) is 0 Å². The predicted molar refractivity (Wildman–Crippen MR) is 60.4 cm³/mol. The lowest BCUT2D eigenvalue weighted by Gasteiger charge is -2.02. The van der Waals surface area contributed by atoms with Crippen molar-refractivity contribution in [3.63, 3.8) is 0 Å². The molecule has 0 unspecified atom stereocenters. The van der Waals surface area contributed by atoms with Crippen LogP contribution in [0.3, 0.4) is 0 Å². The minimum atomic E-state index is -4.67. The molecule has 0 saturated carbocycles. The van der Waals surface area contributed by atoms with Crippen molar-refractivity contribution in [1.29, 1.82) is 0 Å². The van der Waals surface area contributed by atoms with E-state index >= 15 is 0 Å². The molecular weight excluding hydrogens is 250 g/mol. The third-order valence-electron chi connectivity index (χ3n) is 1.40. The maximum Gasteiger partial charge on any atom is 0.412 e. The van der Waals surface area contributed by atoms with Crippen molar-refractivity contribution in [1.82, 2.24) is 5.32 Å². The van der Waals surface area contributed by atoms with E-state index in [9.17, 15) is 4.79 Å². The van der Waals surface area contributed by atoms with Crippen LogP contribution in [-0.4, -0.2) is 30.7 Å². The SMILES string of the molecule is CNC(=O)Oc1cccc(C)c1.O=S(=O)(O)O. The van der Waals surface area contributed by atoms with Gasteiger partial charge in [-0.1, -0.05) is 12.1 Å². The van der Waals surface area contributed by atoms with E-state index in [-0.39, 0.29) is 0 Å². The first-order chi connectivity index (χ1) is 7.72. The van der Waals surface area contributed by atoms with E-state index in [1.165, 1.54) is 7.05 Å². The molecular formula is C9H13NO6S. The van der Waals surface area contributed by atoms with Gasteiger partial charge in [-0.05, 0) is 24.6 Å². The number of carbonyl (C=O) groups excluding carboxylic acids is 1. The maximum absolute atomic E-state index is 10.8. The lowest BCUT2D eigenvalue weighted by molar-refractivity contribution is 0.203. The van der Waals surface area contributed by atoms with Crippen molar-refractivity contribution in [2.45, 2.75) is 6.92 Å². The van der Waals surface area contributed by atoms with Gasteiger partial charge in [-0.2, -0.15) is 8.42 Å². The van der Waals surface area contributed by atoms with Gasteiger partial charge >= 0.3 is 16.5 Å². The Bertz CT molecular complexity index is 462. The predicted octanol–water partition coefficient (Wildman–Crippen LogP) is 1.06. The summed E-state index contributed by atoms with van der Waals surface area (Å²) in [6.07, 6.45) is -0.444. The number of benzene rings is 1. The molecule has 0 heterocycles. The number of rotatable bonds is 1. The number of nitrogens with one attached hydrogen (secondary N) is 1. The lowest BCUT2D eigenvalue weighted by Crippen LogP contribution is -2.21. The standard InChI is InChI=1S/C9H11NO2.H2O4S/c1-7-4-3-5-8(6-7)12-9(11)10-2;1-5(2,3)4/h3-6H,1-2H3,(H,10,11);(H2,1,2,3,4). The van der Waals surface area contributed by atoms with Crippen LogP contribution in [0.4, 0.5) is 4.79 Å². The highest BCUT2D eigenvalue weighted by Crippen LogP contribution is 2.11. The first-order valence-corrected chi connectivity index (χ1v) is 5.78. The smallest absolute Gasteiger partial charge is 0.410 e. The van der Waals surface area contributed by atoms with Crippen molar-refractivity contribution < 1.29 is 27.1 Å². The highest BCUT2D eigenvalue weighted by molar-refractivity contribution is 7.79. The zero-order chi connectivity index (χ0) is 13.5. The Hall–Kier alpha value is -1.64. The Balaban J connectivity index is 0.000000437. The second-order valence-corrected chi connectivity index (χ2v) is 3.80. The van der Waals surface area contributed by atoms with Crippen molar-refractivity contribution in [3.05, 3.63) is 29.8 Å². The molecule has 0 aliphatic rings. The first-order valence-electron chi connectivity index (χ1n) is 4.38. The molecule has 1 aromatic carbocycles. The molecule has 1 aromatic rings. The fraction of sp³-hybridized carbons (Fsp3) is 0.222. The van der Waals surface area contributed by atoms with Gasteiger partial charge in [0.15, 0.2) is 0 Å². The maximum atomic E-state index is 10.8. The first kappa shape index (κ1) is 15.4. The molecule has 0 radical (unpaired) electrons. The molecule has 0 aliphatic carbocycles. The summed E-state index contributed by atoms with van der Waals surface area (Å²) >= 11 is 0. The minimum Gasteiger partial charge on any atom is -0.410 e. The number of aryl methyl sites for hydroxylation is 1. The van der Waals surface area contributed by atoms with E-state index < -0.39 is 16.5 Å². The van der Waals surface area contributed by atoms with Gasteiger partial charge in [0.2, 0.25) is 0 Å². The molecule has 0 atom stereocenters. The largest absolute Gasteiger partial charge is 0.412 e. The van der Waals surface area contributed by atoms with E-state index in [1.54, 1.807) is 12.1 Å². The molecule has 0 aromatic heterocycles. The summed E-state index contributed by atoms with van der Waals surface area (Å²) in [7, 11) is -3.14. The van der Waals surface area contributed by atoms with Gasteiger partial charge in [0, 0.05) is 7.05 Å². The summed E-state index contributed by atoms with van der Waals surface area (Å²) in [5.74, 6) is 0.564. The second-order valence-electron chi connectivity index (χ2n) is 2.90. The Labute approximate surface area is 99.0 Å². The summed E-state index contributed by atoms with van der Waals surface area (Å²) in [6, 6.07) is 7.32. The summed E-state index contributed by atoms with van der Waals surface area (Å²) in [5, 5.41) is 2.37. The molecule has 17 heavy (non-hydrogen) atoms. The highest BCUT2D eigenvalue weighted by atomic mass is 32.3. The molecule has 7 nitrogen and oxygen atoms in total. The number of ether oxygens (including phenoxy) is 1. The molecule has 8 heteroatoms.